The Hall–Kier alpha value is -2.81. The van der Waals surface area contributed by atoms with E-state index in [1.807, 2.05) is 24.3 Å². The van der Waals surface area contributed by atoms with E-state index >= 15 is 0 Å². The number of ether oxygens (including phenoxy) is 1. The molecule has 0 heterocycles. The molecule has 0 aromatic heterocycles. The lowest BCUT2D eigenvalue weighted by atomic mass is 9.70. The van der Waals surface area contributed by atoms with Gasteiger partial charge in [0, 0.05) is 0 Å². The minimum absolute atomic E-state index is 0.180. The van der Waals surface area contributed by atoms with Gasteiger partial charge in [-0.3, -0.25) is 0 Å². The molecule has 3 heteroatoms. The van der Waals surface area contributed by atoms with Crippen LogP contribution in [0.4, 0.5) is 4.39 Å². The number of phenols is 1. The highest BCUT2D eigenvalue weighted by atomic mass is 19.1. The molecule has 3 unspecified atom stereocenters. The lowest BCUT2D eigenvalue weighted by Gasteiger charge is -2.34. The number of fused-ring (bicyclic) bond motifs is 1. The zero-order chi connectivity index (χ0) is 24.6. The Labute approximate surface area is 210 Å². The van der Waals surface area contributed by atoms with Crippen LogP contribution in [-0.4, -0.2) is 11.2 Å². The molecule has 0 radical (unpaired) electrons. The standard InChI is InChI=1S/C32H39FO2/c1-3-5-6-29(4-2)35-30-18-10-24(11-19-30)21-32-25(12-7-23-8-15-27(33)16-9-23)13-14-26-22-28(34)17-20-31(26)32/h8-11,15-20,22,25,29,32,34H,3-7,12-14,21H2,1-2H3. The average molecular weight is 475 g/mol. The van der Waals surface area contributed by atoms with Gasteiger partial charge in [0.1, 0.15) is 17.3 Å². The smallest absolute Gasteiger partial charge is 0.123 e. The van der Waals surface area contributed by atoms with Gasteiger partial charge in [-0.2, -0.15) is 0 Å². The van der Waals surface area contributed by atoms with Crippen LogP contribution in [0.3, 0.4) is 0 Å². The third kappa shape index (κ3) is 6.87. The summed E-state index contributed by atoms with van der Waals surface area (Å²) in [4.78, 5) is 0. The highest BCUT2D eigenvalue weighted by Gasteiger charge is 2.29. The lowest BCUT2D eigenvalue weighted by Crippen LogP contribution is -2.23. The normalized spacial score (nSPS) is 18.1. The Morgan fingerprint density at radius 1 is 0.971 bits per heavy atom. The van der Waals surface area contributed by atoms with Crippen LogP contribution in [0.5, 0.6) is 11.5 Å². The summed E-state index contributed by atoms with van der Waals surface area (Å²) in [7, 11) is 0. The Morgan fingerprint density at radius 2 is 1.71 bits per heavy atom. The van der Waals surface area contributed by atoms with Gasteiger partial charge in [-0.25, -0.2) is 4.39 Å². The van der Waals surface area contributed by atoms with Gasteiger partial charge in [-0.1, -0.05) is 57.0 Å². The molecule has 186 valence electrons. The van der Waals surface area contributed by atoms with E-state index in [1.165, 1.54) is 35.1 Å². The summed E-state index contributed by atoms with van der Waals surface area (Å²) in [5, 5.41) is 10.0. The molecule has 35 heavy (non-hydrogen) atoms. The summed E-state index contributed by atoms with van der Waals surface area (Å²) in [5.41, 5.74) is 5.15. The fourth-order valence-electron chi connectivity index (χ4n) is 5.52. The second-order valence-electron chi connectivity index (χ2n) is 10.1. The molecule has 0 fully saturated rings. The summed E-state index contributed by atoms with van der Waals surface area (Å²) in [5.74, 6) is 2.08. The Bertz CT molecular complexity index is 1060. The number of benzene rings is 3. The molecular formula is C32H39FO2. The number of aromatic hydroxyl groups is 1. The Morgan fingerprint density at radius 3 is 2.43 bits per heavy atom. The van der Waals surface area contributed by atoms with E-state index in [0.29, 0.717) is 17.6 Å². The first-order chi connectivity index (χ1) is 17.1. The average Bonchev–Trinajstić information content (AvgIpc) is 2.87. The quantitative estimate of drug-likeness (QED) is 0.302. The highest BCUT2D eigenvalue weighted by molar-refractivity contribution is 5.40. The van der Waals surface area contributed by atoms with Crippen LogP contribution in [0, 0.1) is 11.7 Å². The number of hydrogen-bond donors (Lipinski definition) is 1. The van der Waals surface area contributed by atoms with Crippen LogP contribution < -0.4 is 4.74 Å². The maximum absolute atomic E-state index is 13.3. The maximum Gasteiger partial charge on any atom is 0.123 e. The monoisotopic (exact) mass is 474 g/mol. The fraction of sp³-hybridized carbons (Fsp3) is 0.438. The first-order valence-corrected chi connectivity index (χ1v) is 13.4. The Balaban J connectivity index is 1.48. The predicted octanol–water partition coefficient (Wildman–Crippen LogP) is 8.40. The van der Waals surface area contributed by atoms with Crippen molar-refractivity contribution in [3.63, 3.8) is 0 Å². The van der Waals surface area contributed by atoms with Crippen molar-refractivity contribution in [1.82, 2.24) is 0 Å². The first-order valence-electron chi connectivity index (χ1n) is 13.4. The van der Waals surface area contributed by atoms with Crippen molar-refractivity contribution < 1.29 is 14.2 Å². The molecule has 3 aromatic rings. The number of aryl methyl sites for hydroxylation is 2. The van der Waals surface area contributed by atoms with E-state index in [2.05, 4.69) is 44.2 Å². The summed E-state index contributed by atoms with van der Waals surface area (Å²) < 4.78 is 19.6. The number of halogens is 1. The van der Waals surface area contributed by atoms with Crippen LogP contribution in [0.25, 0.3) is 0 Å². The van der Waals surface area contributed by atoms with Crippen molar-refractivity contribution >= 4 is 0 Å². The number of rotatable bonds is 11. The zero-order valence-electron chi connectivity index (χ0n) is 21.2. The SMILES string of the molecule is CCCCC(CC)Oc1ccc(CC2c3ccc(O)cc3CCC2CCc2ccc(F)cc2)cc1. The van der Waals surface area contributed by atoms with Gasteiger partial charge in [-0.05, 0) is 115 Å². The second kappa shape index (κ2) is 12.2. The van der Waals surface area contributed by atoms with Crippen molar-refractivity contribution in [1.29, 1.82) is 0 Å². The summed E-state index contributed by atoms with van der Waals surface area (Å²) in [6, 6.07) is 21.5. The third-order valence-electron chi connectivity index (χ3n) is 7.61. The molecular weight excluding hydrogens is 435 g/mol. The van der Waals surface area contributed by atoms with Crippen molar-refractivity contribution in [2.75, 3.05) is 0 Å². The number of hydrogen-bond acceptors (Lipinski definition) is 2. The number of phenolic OH excluding ortho intramolecular Hbond substituents is 1. The van der Waals surface area contributed by atoms with Crippen LogP contribution in [0.15, 0.2) is 66.7 Å². The molecule has 0 amide bonds. The van der Waals surface area contributed by atoms with Crippen LogP contribution in [-0.2, 0) is 19.3 Å². The highest BCUT2D eigenvalue weighted by Crippen LogP contribution is 2.42. The molecule has 2 nitrogen and oxygen atoms in total. The van der Waals surface area contributed by atoms with Gasteiger partial charge < -0.3 is 9.84 Å². The molecule has 1 aliphatic rings. The lowest BCUT2D eigenvalue weighted by molar-refractivity contribution is 0.183. The van der Waals surface area contributed by atoms with Crippen molar-refractivity contribution in [2.45, 2.75) is 83.7 Å². The molecule has 3 aromatic carbocycles. The van der Waals surface area contributed by atoms with E-state index in [-0.39, 0.29) is 11.9 Å². The van der Waals surface area contributed by atoms with E-state index in [1.54, 1.807) is 12.1 Å². The van der Waals surface area contributed by atoms with Gasteiger partial charge in [0.15, 0.2) is 0 Å². The fourth-order valence-corrected chi connectivity index (χ4v) is 5.52. The van der Waals surface area contributed by atoms with Crippen molar-refractivity contribution in [2.24, 2.45) is 5.92 Å². The van der Waals surface area contributed by atoms with Crippen LogP contribution >= 0.6 is 0 Å². The molecule has 4 rings (SSSR count). The molecule has 0 saturated carbocycles. The summed E-state index contributed by atoms with van der Waals surface area (Å²) in [6.45, 7) is 4.41. The predicted molar refractivity (Wildman–Crippen MR) is 142 cm³/mol. The molecule has 1 N–H and O–H groups in total. The van der Waals surface area contributed by atoms with E-state index in [0.717, 1.165) is 50.7 Å². The largest absolute Gasteiger partial charge is 0.508 e. The first kappa shape index (κ1) is 25.3. The minimum atomic E-state index is -0.180. The zero-order valence-corrected chi connectivity index (χ0v) is 21.2. The molecule has 0 saturated heterocycles. The molecule has 3 atom stereocenters. The van der Waals surface area contributed by atoms with Crippen LogP contribution in [0.2, 0.25) is 0 Å². The van der Waals surface area contributed by atoms with Gasteiger partial charge >= 0.3 is 0 Å². The number of unbranched alkanes of at least 4 members (excludes halogenated alkanes) is 1. The van der Waals surface area contributed by atoms with Crippen LogP contribution in [0.1, 0.15) is 80.5 Å². The van der Waals surface area contributed by atoms with Gasteiger partial charge in [0.05, 0.1) is 6.10 Å². The molecule has 0 aliphatic heterocycles. The molecule has 0 bridgehead atoms. The van der Waals surface area contributed by atoms with E-state index in [9.17, 15) is 9.50 Å². The van der Waals surface area contributed by atoms with E-state index < -0.39 is 0 Å². The van der Waals surface area contributed by atoms with Gasteiger partial charge in [0.25, 0.3) is 0 Å². The summed E-state index contributed by atoms with van der Waals surface area (Å²) in [6.07, 6.45) is 9.93. The van der Waals surface area contributed by atoms with E-state index in [4.69, 9.17) is 4.74 Å². The molecule has 1 aliphatic carbocycles. The van der Waals surface area contributed by atoms with Gasteiger partial charge in [-0.15, -0.1) is 0 Å². The Kier molecular flexibility index (Phi) is 8.84. The maximum atomic E-state index is 13.3. The molecule has 0 spiro atoms. The third-order valence-corrected chi connectivity index (χ3v) is 7.61. The van der Waals surface area contributed by atoms with Crippen molar-refractivity contribution in [3.8, 4) is 11.5 Å². The van der Waals surface area contributed by atoms with Crippen molar-refractivity contribution in [3.05, 3.63) is 94.8 Å². The minimum Gasteiger partial charge on any atom is -0.508 e. The van der Waals surface area contributed by atoms with Gasteiger partial charge in [0.2, 0.25) is 0 Å². The topological polar surface area (TPSA) is 29.5 Å². The summed E-state index contributed by atoms with van der Waals surface area (Å²) >= 11 is 0. The second-order valence-corrected chi connectivity index (χ2v) is 10.1.